The molecule has 0 saturated carbocycles. The van der Waals surface area contributed by atoms with Crippen molar-refractivity contribution in [3.63, 3.8) is 0 Å². The van der Waals surface area contributed by atoms with E-state index in [9.17, 15) is 0 Å². The molecule has 3 rings (SSSR count). The second-order valence-corrected chi connectivity index (χ2v) is 5.32. The summed E-state index contributed by atoms with van der Waals surface area (Å²) in [5, 5.41) is 15.7. The highest BCUT2D eigenvalue weighted by Gasteiger charge is 2.13. The molecule has 0 fully saturated rings. The molecule has 0 bridgehead atoms. The number of halogens is 1. The lowest BCUT2D eigenvalue weighted by molar-refractivity contribution is 0.793. The van der Waals surface area contributed by atoms with Crippen molar-refractivity contribution in [2.45, 2.75) is 0 Å². The third-order valence-corrected chi connectivity index (χ3v) is 3.64. The number of benzene rings is 1. The minimum Gasteiger partial charge on any atom is -0.398 e. The largest absolute Gasteiger partial charge is 0.398 e. The highest BCUT2D eigenvalue weighted by molar-refractivity contribution is 9.10. The molecule has 0 spiro atoms. The number of rotatable bonds is 2. The number of nitrogens with zero attached hydrogens (tertiary/aromatic N) is 4. The fourth-order valence-electron chi connectivity index (χ4n) is 1.64. The number of tetrazole rings is 1. The van der Waals surface area contributed by atoms with Crippen LogP contribution in [0.2, 0.25) is 0 Å². The topological polar surface area (TPSA) is 69.6 Å². The van der Waals surface area contributed by atoms with Gasteiger partial charge in [-0.05, 0) is 40.1 Å². The standard InChI is InChI=1S/C11H8BrN5S/c12-7-1-2-9(10(13)5-7)11-14-15-16-17(11)8-3-4-18-6-8/h1-6H,13H2. The Kier molecular flexibility index (Phi) is 2.85. The van der Waals surface area contributed by atoms with E-state index >= 15 is 0 Å². The molecular weight excluding hydrogens is 314 g/mol. The molecule has 7 heteroatoms. The van der Waals surface area contributed by atoms with Gasteiger partial charge in [0, 0.05) is 21.1 Å². The van der Waals surface area contributed by atoms with E-state index in [1.165, 1.54) is 0 Å². The molecule has 90 valence electrons. The lowest BCUT2D eigenvalue weighted by Crippen LogP contribution is -2.00. The van der Waals surface area contributed by atoms with E-state index in [4.69, 9.17) is 5.73 Å². The second kappa shape index (κ2) is 4.51. The Hall–Kier alpha value is -1.73. The molecule has 1 aromatic carbocycles. The van der Waals surface area contributed by atoms with Gasteiger partial charge in [0.1, 0.15) is 0 Å². The zero-order chi connectivity index (χ0) is 12.5. The summed E-state index contributed by atoms with van der Waals surface area (Å²) in [6, 6.07) is 7.61. The Labute approximate surface area is 115 Å². The molecular formula is C11H8BrN5S. The summed E-state index contributed by atoms with van der Waals surface area (Å²) in [4.78, 5) is 0. The molecule has 0 atom stereocenters. The maximum Gasteiger partial charge on any atom is 0.189 e. The van der Waals surface area contributed by atoms with Crippen LogP contribution in [0.4, 0.5) is 5.69 Å². The smallest absolute Gasteiger partial charge is 0.189 e. The van der Waals surface area contributed by atoms with Crippen LogP contribution < -0.4 is 5.73 Å². The van der Waals surface area contributed by atoms with Crippen molar-refractivity contribution in [3.8, 4) is 17.1 Å². The number of nitrogen functional groups attached to an aromatic ring is 1. The van der Waals surface area contributed by atoms with Gasteiger partial charge in [-0.25, -0.2) is 0 Å². The van der Waals surface area contributed by atoms with Crippen molar-refractivity contribution in [2.75, 3.05) is 5.73 Å². The third-order valence-electron chi connectivity index (χ3n) is 2.47. The second-order valence-electron chi connectivity index (χ2n) is 3.63. The van der Waals surface area contributed by atoms with E-state index in [0.29, 0.717) is 11.5 Å². The van der Waals surface area contributed by atoms with Gasteiger partial charge in [0.05, 0.1) is 5.69 Å². The Morgan fingerprint density at radius 2 is 2.17 bits per heavy atom. The minimum absolute atomic E-state index is 0.635. The Bertz CT molecular complexity index is 677. The van der Waals surface area contributed by atoms with E-state index in [1.54, 1.807) is 16.0 Å². The molecule has 2 heterocycles. The number of hydrogen-bond acceptors (Lipinski definition) is 5. The van der Waals surface area contributed by atoms with Crippen LogP contribution in [-0.2, 0) is 0 Å². The summed E-state index contributed by atoms with van der Waals surface area (Å²) in [5.41, 5.74) is 8.38. The van der Waals surface area contributed by atoms with Crippen molar-refractivity contribution in [1.29, 1.82) is 0 Å². The summed E-state index contributed by atoms with van der Waals surface area (Å²) >= 11 is 4.97. The SMILES string of the molecule is Nc1cc(Br)ccc1-c1nnnn1-c1ccsc1. The van der Waals surface area contributed by atoms with Crippen molar-refractivity contribution in [1.82, 2.24) is 20.2 Å². The first-order valence-corrected chi connectivity index (χ1v) is 6.85. The van der Waals surface area contributed by atoms with Crippen LogP contribution in [-0.4, -0.2) is 20.2 Å². The van der Waals surface area contributed by atoms with Gasteiger partial charge in [0.15, 0.2) is 5.82 Å². The maximum atomic E-state index is 6.00. The van der Waals surface area contributed by atoms with Gasteiger partial charge in [-0.2, -0.15) is 16.0 Å². The van der Waals surface area contributed by atoms with Crippen molar-refractivity contribution < 1.29 is 0 Å². The molecule has 0 aliphatic heterocycles. The lowest BCUT2D eigenvalue weighted by Gasteiger charge is -2.05. The van der Waals surface area contributed by atoms with Gasteiger partial charge in [-0.1, -0.05) is 15.9 Å². The third kappa shape index (κ3) is 1.91. The molecule has 2 N–H and O–H groups in total. The zero-order valence-electron chi connectivity index (χ0n) is 9.12. The first kappa shape index (κ1) is 11.4. The van der Waals surface area contributed by atoms with Gasteiger partial charge in [0.2, 0.25) is 0 Å². The van der Waals surface area contributed by atoms with Crippen LogP contribution in [0.3, 0.4) is 0 Å². The Morgan fingerprint density at radius 3 is 2.89 bits per heavy atom. The normalized spacial score (nSPS) is 10.7. The van der Waals surface area contributed by atoms with E-state index in [1.807, 2.05) is 35.0 Å². The van der Waals surface area contributed by atoms with Crippen LogP contribution in [0.5, 0.6) is 0 Å². The molecule has 0 aliphatic rings. The summed E-state index contributed by atoms with van der Waals surface area (Å²) in [6.45, 7) is 0. The molecule has 0 aliphatic carbocycles. The summed E-state index contributed by atoms with van der Waals surface area (Å²) in [5.74, 6) is 0.637. The predicted molar refractivity (Wildman–Crippen MR) is 74.6 cm³/mol. The highest BCUT2D eigenvalue weighted by Crippen LogP contribution is 2.28. The number of hydrogen-bond donors (Lipinski definition) is 1. The predicted octanol–water partition coefficient (Wildman–Crippen LogP) is 2.74. The number of aromatic nitrogens is 4. The first-order valence-electron chi connectivity index (χ1n) is 5.12. The van der Waals surface area contributed by atoms with Crippen molar-refractivity contribution in [2.24, 2.45) is 0 Å². The van der Waals surface area contributed by atoms with Gasteiger partial charge in [-0.3, -0.25) is 0 Å². The fraction of sp³-hybridized carbons (Fsp3) is 0. The van der Waals surface area contributed by atoms with Gasteiger partial charge in [0.25, 0.3) is 0 Å². The lowest BCUT2D eigenvalue weighted by atomic mass is 10.1. The van der Waals surface area contributed by atoms with Gasteiger partial charge < -0.3 is 5.73 Å². The first-order chi connectivity index (χ1) is 8.75. The van der Waals surface area contributed by atoms with Crippen LogP contribution in [0, 0.1) is 0 Å². The molecule has 0 saturated heterocycles. The van der Waals surface area contributed by atoms with Crippen LogP contribution in [0.1, 0.15) is 0 Å². The minimum atomic E-state index is 0.635. The molecule has 0 amide bonds. The van der Waals surface area contributed by atoms with E-state index in [2.05, 4.69) is 31.5 Å². The van der Waals surface area contributed by atoms with E-state index in [0.717, 1.165) is 15.7 Å². The molecule has 2 aromatic heterocycles. The molecule has 0 radical (unpaired) electrons. The Balaban J connectivity index is 2.16. The quantitative estimate of drug-likeness (QED) is 0.737. The molecule has 3 aromatic rings. The molecule has 18 heavy (non-hydrogen) atoms. The highest BCUT2D eigenvalue weighted by atomic mass is 79.9. The maximum absolute atomic E-state index is 6.00. The van der Waals surface area contributed by atoms with Crippen molar-refractivity contribution >= 4 is 33.0 Å². The Morgan fingerprint density at radius 1 is 1.28 bits per heavy atom. The fourth-order valence-corrected chi connectivity index (χ4v) is 2.64. The van der Waals surface area contributed by atoms with Gasteiger partial charge >= 0.3 is 0 Å². The van der Waals surface area contributed by atoms with E-state index < -0.39 is 0 Å². The van der Waals surface area contributed by atoms with E-state index in [-0.39, 0.29) is 0 Å². The van der Waals surface area contributed by atoms with Crippen LogP contribution in [0.25, 0.3) is 17.1 Å². The summed E-state index contributed by atoms with van der Waals surface area (Å²) in [7, 11) is 0. The van der Waals surface area contributed by atoms with Crippen molar-refractivity contribution in [3.05, 3.63) is 39.5 Å². The van der Waals surface area contributed by atoms with Crippen LogP contribution in [0.15, 0.2) is 39.5 Å². The number of thiophene rings is 1. The van der Waals surface area contributed by atoms with Gasteiger partial charge in [-0.15, -0.1) is 5.10 Å². The number of nitrogens with two attached hydrogens (primary N) is 1. The van der Waals surface area contributed by atoms with Crippen LogP contribution >= 0.6 is 27.3 Å². The zero-order valence-corrected chi connectivity index (χ0v) is 11.5. The molecule has 5 nitrogen and oxygen atoms in total. The molecule has 0 unspecified atom stereocenters. The summed E-state index contributed by atoms with van der Waals surface area (Å²) in [6.07, 6.45) is 0. The summed E-state index contributed by atoms with van der Waals surface area (Å²) < 4.78 is 2.61. The monoisotopic (exact) mass is 321 g/mol. The average Bonchev–Trinajstić information content (AvgIpc) is 2.98. The average molecular weight is 322 g/mol. The number of anilines is 1.